The number of hydrogen-bond donors (Lipinski definition) is 2. The second kappa shape index (κ2) is 7.16. The highest BCUT2D eigenvalue weighted by molar-refractivity contribution is 7.98. The highest BCUT2D eigenvalue weighted by Gasteiger charge is 2.15. The number of urea groups is 1. The van der Waals surface area contributed by atoms with Crippen LogP contribution in [0.3, 0.4) is 0 Å². The highest BCUT2D eigenvalue weighted by Crippen LogP contribution is 2.12. The molecule has 0 aliphatic heterocycles. The zero-order valence-corrected chi connectivity index (χ0v) is 12.0. The molecule has 0 radical (unpaired) electrons. The summed E-state index contributed by atoms with van der Waals surface area (Å²) in [7, 11) is 1.82. The number of thioether (sulfide) groups is 1. The van der Waals surface area contributed by atoms with E-state index in [2.05, 4.69) is 18.5 Å². The van der Waals surface area contributed by atoms with E-state index in [1.165, 1.54) is 0 Å². The van der Waals surface area contributed by atoms with Crippen LogP contribution in [0.5, 0.6) is 0 Å². The van der Waals surface area contributed by atoms with E-state index in [9.17, 15) is 4.79 Å². The molecule has 5 heteroatoms. The summed E-state index contributed by atoms with van der Waals surface area (Å²) in [4.78, 5) is 13.7. The maximum atomic E-state index is 12.0. The van der Waals surface area contributed by atoms with E-state index in [1.807, 2.05) is 7.05 Å². The first-order valence-electron chi connectivity index (χ1n) is 5.93. The number of benzene rings is 1. The van der Waals surface area contributed by atoms with Crippen LogP contribution in [0.4, 0.5) is 16.2 Å². The minimum atomic E-state index is -0.0895. The maximum absolute atomic E-state index is 12.0. The van der Waals surface area contributed by atoms with Gasteiger partial charge in [0.05, 0.1) is 0 Å². The summed E-state index contributed by atoms with van der Waals surface area (Å²) in [6.07, 6.45) is 3.06. The number of rotatable bonds is 5. The molecule has 18 heavy (non-hydrogen) atoms. The Morgan fingerprint density at radius 3 is 2.61 bits per heavy atom. The number of hydrogen-bond acceptors (Lipinski definition) is 3. The van der Waals surface area contributed by atoms with Crippen molar-refractivity contribution in [1.29, 1.82) is 0 Å². The molecule has 0 aromatic heterocycles. The molecule has 0 fully saturated rings. The van der Waals surface area contributed by atoms with Gasteiger partial charge >= 0.3 is 6.03 Å². The van der Waals surface area contributed by atoms with Crippen molar-refractivity contribution in [2.24, 2.45) is 0 Å². The lowest BCUT2D eigenvalue weighted by molar-refractivity contribution is 0.207. The first kappa shape index (κ1) is 14.7. The van der Waals surface area contributed by atoms with Gasteiger partial charge in [-0.1, -0.05) is 0 Å². The third-order valence-corrected chi connectivity index (χ3v) is 3.53. The average Bonchev–Trinajstić information content (AvgIpc) is 2.37. The van der Waals surface area contributed by atoms with Gasteiger partial charge in [-0.2, -0.15) is 11.8 Å². The van der Waals surface area contributed by atoms with Gasteiger partial charge in [0.25, 0.3) is 0 Å². The Morgan fingerprint density at radius 1 is 1.44 bits per heavy atom. The second-order valence-electron chi connectivity index (χ2n) is 4.29. The van der Waals surface area contributed by atoms with Crippen LogP contribution in [0.25, 0.3) is 0 Å². The number of carbonyl (C=O) groups is 1. The zero-order valence-electron chi connectivity index (χ0n) is 11.1. The van der Waals surface area contributed by atoms with Crippen LogP contribution in [-0.2, 0) is 0 Å². The molecule has 0 heterocycles. The molecule has 100 valence electrons. The number of amides is 2. The summed E-state index contributed by atoms with van der Waals surface area (Å²) in [5, 5.41) is 2.85. The fourth-order valence-corrected chi connectivity index (χ4v) is 2.04. The molecular weight excluding hydrogens is 246 g/mol. The van der Waals surface area contributed by atoms with Gasteiger partial charge in [0.1, 0.15) is 0 Å². The normalized spacial score (nSPS) is 11.9. The quantitative estimate of drug-likeness (QED) is 0.806. The molecule has 1 atom stereocenters. The van der Waals surface area contributed by atoms with Gasteiger partial charge in [-0.15, -0.1) is 0 Å². The zero-order chi connectivity index (χ0) is 13.5. The molecule has 0 aliphatic rings. The van der Waals surface area contributed by atoms with Crippen molar-refractivity contribution in [2.75, 3.05) is 30.1 Å². The van der Waals surface area contributed by atoms with Gasteiger partial charge in [-0.25, -0.2) is 4.79 Å². The number of nitrogens with one attached hydrogen (secondary N) is 1. The highest BCUT2D eigenvalue weighted by atomic mass is 32.2. The summed E-state index contributed by atoms with van der Waals surface area (Å²) < 4.78 is 0. The van der Waals surface area contributed by atoms with Gasteiger partial charge in [0.2, 0.25) is 0 Å². The second-order valence-corrected chi connectivity index (χ2v) is 5.28. The van der Waals surface area contributed by atoms with Crippen molar-refractivity contribution >= 4 is 29.2 Å². The maximum Gasteiger partial charge on any atom is 0.321 e. The largest absolute Gasteiger partial charge is 0.399 e. The van der Waals surface area contributed by atoms with Crippen molar-refractivity contribution in [3.8, 4) is 0 Å². The third kappa shape index (κ3) is 4.49. The lowest BCUT2D eigenvalue weighted by atomic mass is 10.2. The van der Waals surface area contributed by atoms with E-state index in [0.717, 1.165) is 17.9 Å². The summed E-state index contributed by atoms with van der Waals surface area (Å²) in [6, 6.07) is 7.28. The number of anilines is 2. The Labute approximate surface area is 113 Å². The molecule has 1 unspecified atom stereocenters. The first-order chi connectivity index (χ1) is 8.54. The molecule has 3 N–H and O–H groups in total. The van der Waals surface area contributed by atoms with Crippen LogP contribution in [0, 0.1) is 0 Å². The lowest BCUT2D eigenvalue weighted by Crippen LogP contribution is -2.38. The summed E-state index contributed by atoms with van der Waals surface area (Å²) in [5.41, 5.74) is 7.05. The van der Waals surface area contributed by atoms with E-state index < -0.39 is 0 Å². The molecule has 1 aromatic rings. The van der Waals surface area contributed by atoms with E-state index in [0.29, 0.717) is 5.69 Å². The predicted molar refractivity (Wildman–Crippen MR) is 80.1 cm³/mol. The standard InChI is InChI=1S/C13H21N3OS/c1-10(8-9-18-3)16(2)13(17)15-12-6-4-11(14)5-7-12/h4-7,10H,8-9,14H2,1-3H3,(H,15,17). The van der Waals surface area contributed by atoms with E-state index in [-0.39, 0.29) is 12.1 Å². The van der Waals surface area contributed by atoms with Gasteiger partial charge in [-0.3, -0.25) is 0 Å². The van der Waals surface area contributed by atoms with Crippen LogP contribution in [0.1, 0.15) is 13.3 Å². The predicted octanol–water partition coefficient (Wildman–Crippen LogP) is 2.87. The summed E-state index contributed by atoms with van der Waals surface area (Å²) in [6.45, 7) is 2.05. The lowest BCUT2D eigenvalue weighted by Gasteiger charge is -2.25. The fourth-order valence-electron chi connectivity index (χ4n) is 1.46. The monoisotopic (exact) mass is 267 g/mol. The molecule has 1 aromatic carbocycles. The number of carbonyl (C=O) groups excluding carboxylic acids is 1. The molecule has 0 spiro atoms. The van der Waals surface area contributed by atoms with Gasteiger partial charge in [0.15, 0.2) is 0 Å². The van der Waals surface area contributed by atoms with E-state index in [4.69, 9.17) is 5.73 Å². The van der Waals surface area contributed by atoms with Gasteiger partial charge in [-0.05, 0) is 49.6 Å². The molecule has 4 nitrogen and oxygen atoms in total. The summed E-state index contributed by atoms with van der Waals surface area (Å²) in [5.74, 6) is 1.06. The van der Waals surface area contributed by atoms with Crippen LogP contribution >= 0.6 is 11.8 Å². The molecule has 0 aliphatic carbocycles. The number of nitrogens with zero attached hydrogens (tertiary/aromatic N) is 1. The van der Waals surface area contributed by atoms with Crippen molar-refractivity contribution in [1.82, 2.24) is 4.90 Å². The van der Waals surface area contributed by atoms with E-state index in [1.54, 1.807) is 40.9 Å². The van der Waals surface area contributed by atoms with Crippen LogP contribution < -0.4 is 11.1 Å². The van der Waals surface area contributed by atoms with Crippen molar-refractivity contribution in [3.05, 3.63) is 24.3 Å². The minimum absolute atomic E-state index is 0.0895. The number of nitrogens with two attached hydrogens (primary N) is 1. The minimum Gasteiger partial charge on any atom is -0.399 e. The Kier molecular flexibility index (Phi) is 5.85. The van der Waals surface area contributed by atoms with Crippen LogP contribution in [-0.4, -0.2) is 36.0 Å². The Bertz CT molecular complexity index is 380. The molecule has 0 saturated carbocycles. The smallest absolute Gasteiger partial charge is 0.321 e. The Hall–Kier alpha value is -1.36. The van der Waals surface area contributed by atoms with Crippen molar-refractivity contribution in [2.45, 2.75) is 19.4 Å². The topological polar surface area (TPSA) is 58.4 Å². The first-order valence-corrected chi connectivity index (χ1v) is 7.32. The van der Waals surface area contributed by atoms with Crippen LogP contribution in [0.2, 0.25) is 0 Å². The molecule has 1 rings (SSSR count). The van der Waals surface area contributed by atoms with Gasteiger partial charge < -0.3 is 16.0 Å². The van der Waals surface area contributed by atoms with Crippen molar-refractivity contribution in [3.63, 3.8) is 0 Å². The molecule has 2 amide bonds. The fraction of sp³-hybridized carbons (Fsp3) is 0.462. The third-order valence-electron chi connectivity index (χ3n) is 2.88. The van der Waals surface area contributed by atoms with Gasteiger partial charge in [0, 0.05) is 24.5 Å². The molecule has 0 bridgehead atoms. The average molecular weight is 267 g/mol. The number of nitrogen functional groups attached to an aromatic ring is 1. The SMILES string of the molecule is CSCCC(C)N(C)C(=O)Nc1ccc(N)cc1. The van der Waals surface area contributed by atoms with E-state index >= 15 is 0 Å². The summed E-state index contributed by atoms with van der Waals surface area (Å²) >= 11 is 1.79. The Balaban J connectivity index is 2.51. The molecule has 0 saturated heterocycles. The van der Waals surface area contributed by atoms with Crippen LogP contribution in [0.15, 0.2) is 24.3 Å². The molecular formula is C13H21N3OS. The Morgan fingerprint density at radius 2 is 2.06 bits per heavy atom. The van der Waals surface area contributed by atoms with Crippen molar-refractivity contribution < 1.29 is 4.79 Å².